The van der Waals surface area contributed by atoms with Crippen molar-refractivity contribution >= 4 is 17.6 Å². The summed E-state index contributed by atoms with van der Waals surface area (Å²) < 4.78 is 24.1. The highest BCUT2D eigenvalue weighted by molar-refractivity contribution is 5.92. The second kappa shape index (κ2) is 10.2. The Labute approximate surface area is 174 Å². The van der Waals surface area contributed by atoms with Crippen LogP contribution in [-0.2, 0) is 20.7 Å². The average Bonchev–Trinajstić information content (AvgIpc) is 2.75. The van der Waals surface area contributed by atoms with Gasteiger partial charge in [0.25, 0.3) is 5.91 Å². The molecule has 0 aliphatic heterocycles. The molecule has 6 heteroatoms. The van der Waals surface area contributed by atoms with Crippen LogP contribution in [-0.4, -0.2) is 25.1 Å². The molecule has 0 saturated heterocycles. The van der Waals surface area contributed by atoms with E-state index in [1.165, 1.54) is 6.07 Å². The molecule has 1 amide bonds. The Bertz CT molecular complexity index is 1020. The van der Waals surface area contributed by atoms with Crippen LogP contribution in [0.25, 0.3) is 0 Å². The lowest BCUT2D eigenvalue weighted by molar-refractivity contribution is -0.149. The third kappa shape index (κ3) is 6.17. The van der Waals surface area contributed by atoms with Crippen molar-refractivity contribution < 1.29 is 23.5 Å². The standard InChI is InChI=1S/C24H22FNO4/c1-17-11-12-20(14-21(17)25)26-23(27)15-30-24(28)16-29-22-10-6-5-9-19(22)13-18-7-3-2-4-8-18/h2-12,14H,13,15-16H2,1H3,(H,26,27). The molecule has 0 aliphatic carbocycles. The van der Waals surface area contributed by atoms with Crippen LogP contribution in [0.3, 0.4) is 0 Å². The first-order chi connectivity index (χ1) is 14.5. The molecular formula is C24H22FNO4. The van der Waals surface area contributed by atoms with E-state index in [4.69, 9.17) is 9.47 Å². The van der Waals surface area contributed by atoms with Gasteiger partial charge in [-0.1, -0.05) is 54.6 Å². The molecule has 3 aromatic carbocycles. The van der Waals surface area contributed by atoms with Gasteiger partial charge in [0.1, 0.15) is 11.6 Å². The number of anilines is 1. The highest BCUT2D eigenvalue weighted by atomic mass is 19.1. The highest BCUT2D eigenvalue weighted by Gasteiger charge is 2.11. The van der Waals surface area contributed by atoms with E-state index in [1.807, 2.05) is 48.5 Å². The summed E-state index contributed by atoms with van der Waals surface area (Å²) in [4.78, 5) is 23.8. The molecule has 3 aromatic rings. The van der Waals surface area contributed by atoms with Gasteiger partial charge < -0.3 is 14.8 Å². The number of carbonyl (C=O) groups excluding carboxylic acids is 2. The number of aryl methyl sites for hydroxylation is 1. The largest absolute Gasteiger partial charge is 0.482 e. The van der Waals surface area contributed by atoms with Gasteiger partial charge >= 0.3 is 5.97 Å². The minimum atomic E-state index is -0.672. The predicted molar refractivity (Wildman–Crippen MR) is 112 cm³/mol. The zero-order valence-corrected chi connectivity index (χ0v) is 16.6. The number of rotatable bonds is 8. The van der Waals surface area contributed by atoms with E-state index in [1.54, 1.807) is 25.1 Å². The zero-order valence-electron chi connectivity index (χ0n) is 16.6. The van der Waals surface area contributed by atoms with Gasteiger partial charge in [0.15, 0.2) is 13.2 Å². The maximum Gasteiger partial charge on any atom is 0.344 e. The number of para-hydroxylation sites is 1. The lowest BCUT2D eigenvalue weighted by Gasteiger charge is -2.11. The number of esters is 1. The molecule has 0 heterocycles. The molecule has 1 N–H and O–H groups in total. The van der Waals surface area contributed by atoms with Crippen molar-refractivity contribution in [3.63, 3.8) is 0 Å². The van der Waals surface area contributed by atoms with Gasteiger partial charge in [-0.05, 0) is 41.8 Å². The Morgan fingerprint density at radius 3 is 2.43 bits per heavy atom. The van der Waals surface area contributed by atoms with Gasteiger partial charge in [-0.25, -0.2) is 9.18 Å². The Kier molecular flexibility index (Phi) is 7.16. The number of carbonyl (C=O) groups is 2. The van der Waals surface area contributed by atoms with E-state index in [0.717, 1.165) is 11.1 Å². The Morgan fingerprint density at radius 1 is 0.933 bits per heavy atom. The number of hydrogen-bond acceptors (Lipinski definition) is 4. The number of ether oxygens (including phenoxy) is 2. The summed E-state index contributed by atoms with van der Waals surface area (Å²) >= 11 is 0. The van der Waals surface area contributed by atoms with Crippen molar-refractivity contribution in [3.05, 3.63) is 95.3 Å². The van der Waals surface area contributed by atoms with Crippen LogP contribution in [0.5, 0.6) is 5.75 Å². The molecule has 0 bridgehead atoms. The van der Waals surface area contributed by atoms with Gasteiger partial charge in [0.2, 0.25) is 0 Å². The number of nitrogens with one attached hydrogen (secondary N) is 1. The van der Waals surface area contributed by atoms with Gasteiger partial charge in [-0.2, -0.15) is 0 Å². The molecule has 30 heavy (non-hydrogen) atoms. The molecule has 5 nitrogen and oxygen atoms in total. The SMILES string of the molecule is Cc1ccc(NC(=O)COC(=O)COc2ccccc2Cc2ccccc2)cc1F. The van der Waals surface area contributed by atoms with Crippen molar-refractivity contribution in [3.8, 4) is 5.75 Å². The lowest BCUT2D eigenvalue weighted by atomic mass is 10.0. The van der Waals surface area contributed by atoms with Gasteiger partial charge in [-0.15, -0.1) is 0 Å². The molecule has 0 unspecified atom stereocenters. The fourth-order valence-electron chi connectivity index (χ4n) is 2.80. The second-order valence-corrected chi connectivity index (χ2v) is 6.73. The molecule has 0 saturated carbocycles. The number of amides is 1. The maximum absolute atomic E-state index is 13.5. The zero-order chi connectivity index (χ0) is 21.3. The van der Waals surface area contributed by atoms with Crippen molar-refractivity contribution in [2.24, 2.45) is 0 Å². The summed E-state index contributed by atoms with van der Waals surface area (Å²) in [5.41, 5.74) is 2.84. The Balaban J connectivity index is 1.48. The van der Waals surface area contributed by atoms with E-state index in [-0.39, 0.29) is 6.61 Å². The van der Waals surface area contributed by atoms with Crippen molar-refractivity contribution in [2.45, 2.75) is 13.3 Å². The maximum atomic E-state index is 13.5. The lowest BCUT2D eigenvalue weighted by Crippen LogP contribution is -2.23. The highest BCUT2D eigenvalue weighted by Crippen LogP contribution is 2.21. The molecule has 3 rings (SSSR count). The van der Waals surface area contributed by atoms with Crippen LogP contribution < -0.4 is 10.1 Å². The molecule has 0 aromatic heterocycles. The van der Waals surface area contributed by atoms with E-state index in [2.05, 4.69) is 5.32 Å². The van der Waals surface area contributed by atoms with Crippen LogP contribution in [0.1, 0.15) is 16.7 Å². The predicted octanol–water partition coefficient (Wildman–Crippen LogP) is 4.29. The molecule has 154 valence electrons. The smallest absolute Gasteiger partial charge is 0.344 e. The normalized spacial score (nSPS) is 10.3. The van der Waals surface area contributed by atoms with Crippen LogP contribution in [0, 0.1) is 12.7 Å². The average molecular weight is 407 g/mol. The summed E-state index contributed by atoms with van der Waals surface area (Å²) in [5, 5.41) is 2.48. The van der Waals surface area contributed by atoms with Crippen LogP contribution in [0.15, 0.2) is 72.8 Å². The third-order valence-electron chi connectivity index (χ3n) is 4.38. The molecule has 0 aliphatic rings. The summed E-state index contributed by atoms with van der Waals surface area (Å²) in [6.45, 7) is 0.822. The van der Waals surface area contributed by atoms with E-state index >= 15 is 0 Å². The Morgan fingerprint density at radius 2 is 1.67 bits per heavy atom. The Hall–Kier alpha value is -3.67. The summed E-state index contributed by atoms with van der Waals surface area (Å²) in [6, 6.07) is 21.7. The second-order valence-electron chi connectivity index (χ2n) is 6.73. The van der Waals surface area contributed by atoms with Gasteiger partial charge in [0.05, 0.1) is 0 Å². The fraction of sp³-hybridized carbons (Fsp3) is 0.167. The first-order valence-electron chi connectivity index (χ1n) is 9.47. The minimum Gasteiger partial charge on any atom is -0.482 e. The van der Waals surface area contributed by atoms with E-state index in [9.17, 15) is 14.0 Å². The van der Waals surface area contributed by atoms with E-state index in [0.29, 0.717) is 23.4 Å². The van der Waals surface area contributed by atoms with Crippen molar-refractivity contribution in [1.82, 2.24) is 0 Å². The quantitative estimate of drug-likeness (QED) is 0.566. The van der Waals surface area contributed by atoms with E-state index < -0.39 is 24.3 Å². The molecule has 0 spiro atoms. The third-order valence-corrected chi connectivity index (χ3v) is 4.38. The summed E-state index contributed by atoms with van der Waals surface area (Å²) in [6.07, 6.45) is 0.668. The van der Waals surface area contributed by atoms with Crippen molar-refractivity contribution in [2.75, 3.05) is 18.5 Å². The summed E-state index contributed by atoms with van der Waals surface area (Å²) in [5.74, 6) is -1.07. The first kappa shape index (κ1) is 21.0. The van der Waals surface area contributed by atoms with Crippen LogP contribution in [0.2, 0.25) is 0 Å². The molecule has 0 atom stereocenters. The molecule has 0 radical (unpaired) electrons. The molecular weight excluding hydrogens is 385 g/mol. The van der Waals surface area contributed by atoms with Crippen molar-refractivity contribution in [1.29, 1.82) is 0 Å². The monoisotopic (exact) mass is 407 g/mol. The van der Waals surface area contributed by atoms with Crippen LogP contribution >= 0.6 is 0 Å². The number of benzene rings is 3. The minimum absolute atomic E-state index is 0.297. The van der Waals surface area contributed by atoms with Gasteiger partial charge in [-0.3, -0.25) is 4.79 Å². The number of hydrogen-bond donors (Lipinski definition) is 1. The summed E-state index contributed by atoms with van der Waals surface area (Å²) in [7, 11) is 0. The van der Waals surface area contributed by atoms with Gasteiger partial charge in [0, 0.05) is 12.1 Å². The number of halogens is 1. The first-order valence-corrected chi connectivity index (χ1v) is 9.47. The topological polar surface area (TPSA) is 64.6 Å². The molecule has 0 fully saturated rings. The fourth-order valence-corrected chi connectivity index (χ4v) is 2.80. The van der Waals surface area contributed by atoms with Crippen LogP contribution in [0.4, 0.5) is 10.1 Å².